The lowest BCUT2D eigenvalue weighted by molar-refractivity contribution is 0.103. The fourth-order valence-electron chi connectivity index (χ4n) is 3.54. The van der Waals surface area contributed by atoms with Crippen molar-refractivity contribution in [2.75, 3.05) is 39.7 Å². The maximum atomic E-state index is 12.4. The van der Waals surface area contributed by atoms with Crippen LogP contribution in [0, 0.1) is 0 Å². The highest BCUT2D eigenvalue weighted by Gasteiger charge is 2.14. The summed E-state index contributed by atoms with van der Waals surface area (Å²) in [5, 5.41) is 6.09. The van der Waals surface area contributed by atoms with Crippen molar-refractivity contribution in [2.45, 2.75) is 0 Å². The van der Waals surface area contributed by atoms with E-state index in [1.807, 2.05) is 61.9 Å². The minimum absolute atomic E-state index is 0.164. The first-order chi connectivity index (χ1) is 17.5. The molecule has 0 bridgehead atoms. The first-order valence-corrected chi connectivity index (χ1v) is 12.9. The third kappa shape index (κ3) is 5.25. The van der Waals surface area contributed by atoms with Gasteiger partial charge in [0.15, 0.2) is 16.6 Å². The number of anilines is 1. The topological polar surface area (TPSA) is 85.8 Å². The number of nitrogens with zero attached hydrogens (tertiary/aromatic N) is 3. The summed E-state index contributed by atoms with van der Waals surface area (Å²) in [6, 6.07) is 14.8. The van der Waals surface area contributed by atoms with Gasteiger partial charge in [0, 0.05) is 30.3 Å². The Kier molecular flexibility index (Phi) is 6.99. The van der Waals surface area contributed by atoms with Crippen LogP contribution in [-0.4, -0.2) is 55.1 Å². The Morgan fingerprint density at radius 1 is 1.06 bits per heavy atom. The van der Waals surface area contributed by atoms with E-state index >= 15 is 0 Å². The fraction of sp³-hybridized carbons (Fsp3) is 0.192. The second-order valence-electron chi connectivity index (χ2n) is 8.16. The molecule has 0 saturated carbocycles. The molecule has 0 aliphatic carbocycles. The number of benzene rings is 2. The van der Waals surface area contributed by atoms with Crippen molar-refractivity contribution in [1.29, 1.82) is 0 Å². The summed E-state index contributed by atoms with van der Waals surface area (Å²) in [5.41, 5.74) is 1.53. The standard InChI is InChI=1S/C26H24N4O4S2/c1-30(2)10-11-33-22-15-19-17(14-21(22)32-3)20(8-9-27-19)34-16-6-7-18-24(13-16)36-26(28-18)29-25(31)23-5-4-12-35-23/h4-9,12-15H,10-11H2,1-3H3,(H,28,29,31). The van der Waals surface area contributed by atoms with Gasteiger partial charge in [-0.25, -0.2) is 4.98 Å². The predicted molar refractivity (Wildman–Crippen MR) is 144 cm³/mol. The maximum Gasteiger partial charge on any atom is 0.267 e. The third-order valence-corrected chi connectivity index (χ3v) is 7.14. The van der Waals surface area contributed by atoms with Gasteiger partial charge in [-0.05, 0) is 49.8 Å². The van der Waals surface area contributed by atoms with E-state index in [4.69, 9.17) is 14.2 Å². The molecule has 36 heavy (non-hydrogen) atoms. The quantitative estimate of drug-likeness (QED) is 0.259. The second-order valence-corrected chi connectivity index (χ2v) is 10.1. The van der Waals surface area contributed by atoms with Gasteiger partial charge in [-0.15, -0.1) is 11.3 Å². The van der Waals surface area contributed by atoms with Crippen LogP contribution in [0.5, 0.6) is 23.0 Å². The smallest absolute Gasteiger partial charge is 0.267 e. The van der Waals surface area contributed by atoms with E-state index < -0.39 is 0 Å². The van der Waals surface area contributed by atoms with Gasteiger partial charge in [0.25, 0.3) is 5.91 Å². The van der Waals surface area contributed by atoms with Crippen LogP contribution in [0.25, 0.3) is 21.1 Å². The fourth-order valence-corrected chi connectivity index (χ4v) is 5.05. The Morgan fingerprint density at radius 3 is 2.72 bits per heavy atom. The van der Waals surface area contributed by atoms with E-state index in [1.165, 1.54) is 22.7 Å². The number of hydrogen-bond donors (Lipinski definition) is 1. The number of hydrogen-bond acceptors (Lipinski definition) is 9. The first-order valence-electron chi connectivity index (χ1n) is 11.2. The molecule has 0 aliphatic rings. The molecule has 0 atom stereocenters. The van der Waals surface area contributed by atoms with Gasteiger partial charge in [-0.2, -0.15) is 0 Å². The number of aromatic nitrogens is 2. The van der Waals surface area contributed by atoms with Crippen molar-refractivity contribution in [1.82, 2.24) is 14.9 Å². The van der Waals surface area contributed by atoms with Crippen molar-refractivity contribution in [2.24, 2.45) is 0 Å². The Balaban J connectivity index is 1.38. The number of methoxy groups -OCH3 is 1. The average molecular weight is 521 g/mol. The van der Waals surface area contributed by atoms with E-state index in [9.17, 15) is 4.79 Å². The first kappa shape index (κ1) is 24.0. The number of rotatable bonds is 9. The van der Waals surface area contributed by atoms with Gasteiger partial charge in [0.2, 0.25) is 0 Å². The highest BCUT2D eigenvalue weighted by Crippen LogP contribution is 2.38. The Morgan fingerprint density at radius 2 is 1.94 bits per heavy atom. The van der Waals surface area contributed by atoms with Crippen LogP contribution < -0.4 is 19.5 Å². The summed E-state index contributed by atoms with van der Waals surface area (Å²) in [6.07, 6.45) is 1.71. The zero-order chi connectivity index (χ0) is 25.1. The molecule has 184 valence electrons. The number of ether oxygens (including phenoxy) is 3. The lowest BCUT2D eigenvalue weighted by Crippen LogP contribution is -2.19. The van der Waals surface area contributed by atoms with Crippen LogP contribution in [-0.2, 0) is 0 Å². The van der Waals surface area contributed by atoms with Crippen LogP contribution in [0.1, 0.15) is 9.67 Å². The van der Waals surface area contributed by atoms with Gasteiger partial charge in [-0.3, -0.25) is 15.1 Å². The Bertz CT molecular complexity index is 1520. The molecule has 1 amide bonds. The minimum atomic E-state index is -0.164. The Labute approximate surface area is 216 Å². The number of fused-ring (bicyclic) bond motifs is 2. The van der Waals surface area contributed by atoms with E-state index in [0.29, 0.717) is 39.6 Å². The molecular weight excluding hydrogens is 496 g/mol. The van der Waals surface area contributed by atoms with Gasteiger partial charge >= 0.3 is 0 Å². The summed E-state index contributed by atoms with van der Waals surface area (Å²) in [7, 11) is 5.61. The van der Waals surface area contributed by atoms with Crippen LogP contribution in [0.15, 0.2) is 60.1 Å². The monoisotopic (exact) mass is 520 g/mol. The summed E-state index contributed by atoms with van der Waals surface area (Å²) >= 11 is 2.79. The molecule has 5 rings (SSSR count). The van der Waals surface area contributed by atoms with Gasteiger partial charge in [0.05, 0.1) is 27.7 Å². The van der Waals surface area contributed by atoms with E-state index in [2.05, 4.69) is 20.2 Å². The summed E-state index contributed by atoms with van der Waals surface area (Å²) in [5.74, 6) is 2.39. The van der Waals surface area contributed by atoms with Crippen LogP contribution in [0.2, 0.25) is 0 Å². The van der Waals surface area contributed by atoms with Crippen LogP contribution in [0.3, 0.4) is 0 Å². The molecule has 0 aliphatic heterocycles. The third-order valence-electron chi connectivity index (χ3n) is 5.34. The number of pyridine rings is 1. The molecule has 5 aromatic rings. The van der Waals surface area contributed by atoms with Crippen molar-refractivity contribution < 1.29 is 19.0 Å². The number of thiophene rings is 1. The highest BCUT2D eigenvalue weighted by atomic mass is 32.1. The van der Waals surface area contributed by atoms with Crippen LogP contribution in [0.4, 0.5) is 5.13 Å². The molecule has 0 spiro atoms. The van der Waals surface area contributed by atoms with Crippen molar-refractivity contribution >= 4 is 54.8 Å². The van der Waals surface area contributed by atoms with E-state index in [0.717, 1.165) is 27.7 Å². The second kappa shape index (κ2) is 10.5. The summed E-state index contributed by atoms with van der Waals surface area (Å²) in [4.78, 5) is 24.1. The summed E-state index contributed by atoms with van der Waals surface area (Å²) < 4.78 is 18.7. The van der Waals surface area contributed by atoms with Crippen molar-refractivity contribution in [3.8, 4) is 23.0 Å². The predicted octanol–water partition coefficient (Wildman–Crippen LogP) is 5.90. The maximum absolute atomic E-state index is 12.4. The molecule has 0 radical (unpaired) electrons. The molecule has 3 aromatic heterocycles. The van der Waals surface area contributed by atoms with Crippen molar-refractivity contribution in [3.05, 3.63) is 65.0 Å². The molecular formula is C26H24N4O4S2. The van der Waals surface area contributed by atoms with Gasteiger partial charge in [0.1, 0.15) is 18.1 Å². The van der Waals surface area contributed by atoms with E-state index in [1.54, 1.807) is 19.4 Å². The van der Waals surface area contributed by atoms with Gasteiger partial charge < -0.3 is 19.1 Å². The number of thiazole rings is 1. The average Bonchev–Trinajstić information content (AvgIpc) is 3.53. The minimum Gasteiger partial charge on any atom is -0.493 e. The molecule has 0 unspecified atom stereocenters. The SMILES string of the molecule is COc1cc2c(Oc3ccc4nc(NC(=O)c5cccs5)sc4c3)ccnc2cc1OCCN(C)C. The molecule has 0 fully saturated rings. The number of nitrogens with one attached hydrogen (secondary N) is 1. The largest absolute Gasteiger partial charge is 0.493 e. The number of amides is 1. The lowest BCUT2D eigenvalue weighted by atomic mass is 10.2. The van der Waals surface area contributed by atoms with E-state index in [-0.39, 0.29) is 5.91 Å². The number of likely N-dealkylation sites (N-methyl/N-ethyl adjacent to an activating group) is 1. The lowest BCUT2D eigenvalue weighted by Gasteiger charge is -2.15. The number of carbonyl (C=O) groups excluding carboxylic acids is 1. The molecule has 3 heterocycles. The zero-order valence-electron chi connectivity index (χ0n) is 20.0. The Hall–Kier alpha value is -3.73. The number of carbonyl (C=O) groups is 1. The normalized spacial score (nSPS) is 11.2. The molecule has 8 nitrogen and oxygen atoms in total. The molecule has 1 N–H and O–H groups in total. The summed E-state index contributed by atoms with van der Waals surface area (Å²) in [6.45, 7) is 1.33. The molecule has 2 aromatic carbocycles. The van der Waals surface area contributed by atoms with Crippen LogP contribution >= 0.6 is 22.7 Å². The molecule has 10 heteroatoms. The zero-order valence-corrected chi connectivity index (χ0v) is 21.6. The highest BCUT2D eigenvalue weighted by molar-refractivity contribution is 7.22. The molecule has 0 saturated heterocycles. The van der Waals surface area contributed by atoms with Gasteiger partial charge in [-0.1, -0.05) is 17.4 Å². The van der Waals surface area contributed by atoms with Crippen molar-refractivity contribution in [3.63, 3.8) is 0 Å².